The third-order valence-electron chi connectivity index (χ3n) is 2.88. The molecule has 0 amide bonds. The highest BCUT2D eigenvalue weighted by Gasteiger charge is 2.09. The number of likely N-dealkylation sites (N-methyl/N-ethyl adjacent to an activating group) is 1. The van der Waals surface area contributed by atoms with Crippen LogP contribution in [-0.4, -0.2) is 38.3 Å². The summed E-state index contributed by atoms with van der Waals surface area (Å²) >= 11 is 0. The number of ether oxygens (including phenoxy) is 1. The molecular formula is C14H26N2O2. The minimum Gasteiger partial charge on any atom is -0.465 e. The minimum absolute atomic E-state index is 0.775. The zero-order chi connectivity index (χ0) is 13.4. The number of hydrogen-bond donors (Lipinski definition) is 1. The second-order valence-corrected chi connectivity index (χ2v) is 4.51. The van der Waals surface area contributed by atoms with Gasteiger partial charge >= 0.3 is 0 Å². The van der Waals surface area contributed by atoms with Crippen LogP contribution in [0.25, 0.3) is 0 Å². The molecule has 0 unspecified atom stereocenters. The summed E-state index contributed by atoms with van der Waals surface area (Å²) in [4.78, 5) is 2.21. The summed E-state index contributed by atoms with van der Waals surface area (Å²) in [6, 6.07) is 2.15. The van der Waals surface area contributed by atoms with Gasteiger partial charge in [0.2, 0.25) is 0 Å². The molecule has 0 aliphatic carbocycles. The number of furan rings is 1. The van der Waals surface area contributed by atoms with E-state index in [1.54, 1.807) is 0 Å². The van der Waals surface area contributed by atoms with Gasteiger partial charge in [-0.1, -0.05) is 6.92 Å². The molecule has 0 fully saturated rings. The van der Waals surface area contributed by atoms with Crippen molar-refractivity contribution in [1.29, 1.82) is 0 Å². The first-order valence-corrected chi connectivity index (χ1v) is 6.72. The van der Waals surface area contributed by atoms with Crippen LogP contribution < -0.4 is 5.32 Å². The molecule has 0 saturated carbocycles. The average Bonchev–Trinajstić information content (AvgIpc) is 2.67. The Hall–Kier alpha value is -0.840. The summed E-state index contributed by atoms with van der Waals surface area (Å²) in [6.07, 6.45) is 0. The highest BCUT2D eigenvalue weighted by atomic mass is 16.5. The van der Waals surface area contributed by atoms with Gasteiger partial charge in [-0.2, -0.15) is 0 Å². The van der Waals surface area contributed by atoms with Crippen LogP contribution in [-0.2, 0) is 17.8 Å². The van der Waals surface area contributed by atoms with Crippen molar-refractivity contribution in [3.05, 3.63) is 23.2 Å². The summed E-state index contributed by atoms with van der Waals surface area (Å²) in [5, 5.41) is 3.32. The first-order valence-electron chi connectivity index (χ1n) is 6.72. The zero-order valence-electron chi connectivity index (χ0n) is 12.1. The van der Waals surface area contributed by atoms with Gasteiger partial charge in [0.15, 0.2) is 0 Å². The van der Waals surface area contributed by atoms with Gasteiger partial charge in [-0.3, -0.25) is 4.90 Å². The van der Waals surface area contributed by atoms with Crippen LogP contribution in [0.2, 0.25) is 0 Å². The molecule has 1 rings (SSSR count). The SMILES string of the molecule is CCNCc1cc(CN(C)CCOCC)oc1C. The fraction of sp³-hybridized carbons (Fsp3) is 0.714. The normalized spacial score (nSPS) is 11.4. The molecule has 0 radical (unpaired) electrons. The molecule has 1 N–H and O–H groups in total. The number of nitrogens with zero attached hydrogens (tertiary/aromatic N) is 1. The second kappa shape index (κ2) is 8.29. The van der Waals surface area contributed by atoms with Crippen molar-refractivity contribution in [2.75, 3.05) is 33.4 Å². The summed E-state index contributed by atoms with van der Waals surface area (Å²) < 4.78 is 11.1. The molecule has 4 nitrogen and oxygen atoms in total. The van der Waals surface area contributed by atoms with Gasteiger partial charge in [0.25, 0.3) is 0 Å². The van der Waals surface area contributed by atoms with E-state index in [4.69, 9.17) is 9.15 Å². The number of nitrogens with one attached hydrogen (secondary N) is 1. The maximum atomic E-state index is 5.77. The summed E-state index contributed by atoms with van der Waals surface area (Å²) in [5.74, 6) is 2.04. The molecule has 104 valence electrons. The quantitative estimate of drug-likeness (QED) is 0.685. The van der Waals surface area contributed by atoms with E-state index in [0.717, 1.165) is 50.9 Å². The van der Waals surface area contributed by atoms with Crippen molar-refractivity contribution >= 4 is 0 Å². The number of hydrogen-bond acceptors (Lipinski definition) is 4. The molecule has 0 spiro atoms. The maximum Gasteiger partial charge on any atom is 0.118 e. The van der Waals surface area contributed by atoms with Crippen molar-refractivity contribution in [3.8, 4) is 0 Å². The molecule has 1 heterocycles. The van der Waals surface area contributed by atoms with Gasteiger partial charge in [-0.05, 0) is 33.5 Å². The maximum absolute atomic E-state index is 5.77. The molecule has 4 heteroatoms. The Bertz CT molecular complexity index is 337. The van der Waals surface area contributed by atoms with E-state index in [0.29, 0.717) is 0 Å². The first-order chi connectivity index (χ1) is 8.67. The van der Waals surface area contributed by atoms with Crippen molar-refractivity contribution in [2.24, 2.45) is 0 Å². The first kappa shape index (κ1) is 15.2. The van der Waals surface area contributed by atoms with Crippen molar-refractivity contribution in [1.82, 2.24) is 10.2 Å². The highest BCUT2D eigenvalue weighted by Crippen LogP contribution is 2.15. The molecule has 0 bridgehead atoms. The second-order valence-electron chi connectivity index (χ2n) is 4.51. The Morgan fingerprint density at radius 2 is 2.17 bits per heavy atom. The highest BCUT2D eigenvalue weighted by molar-refractivity contribution is 5.20. The fourth-order valence-electron chi connectivity index (χ4n) is 1.81. The van der Waals surface area contributed by atoms with Crippen LogP contribution in [0.4, 0.5) is 0 Å². The van der Waals surface area contributed by atoms with Crippen molar-refractivity contribution in [3.63, 3.8) is 0 Å². The van der Waals surface area contributed by atoms with Crippen LogP contribution in [0.5, 0.6) is 0 Å². The molecule has 1 aromatic heterocycles. The third kappa shape index (κ3) is 5.21. The van der Waals surface area contributed by atoms with E-state index in [9.17, 15) is 0 Å². The van der Waals surface area contributed by atoms with Gasteiger partial charge in [0, 0.05) is 25.3 Å². The molecule has 0 aliphatic heterocycles. The predicted molar refractivity (Wildman–Crippen MR) is 73.7 cm³/mol. The van der Waals surface area contributed by atoms with Gasteiger partial charge in [-0.25, -0.2) is 0 Å². The third-order valence-corrected chi connectivity index (χ3v) is 2.88. The van der Waals surface area contributed by atoms with E-state index in [1.807, 2.05) is 13.8 Å². The molecule has 0 atom stereocenters. The van der Waals surface area contributed by atoms with Gasteiger partial charge in [-0.15, -0.1) is 0 Å². The standard InChI is InChI=1S/C14H26N2O2/c1-5-15-10-13-9-14(18-12(13)3)11-16(4)7-8-17-6-2/h9,15H,5-8,10-11H2,1-4H3. The molecule has 1 aromatic rings. The lowest BCUT2D eigenvalue weighted by molar-refractivity contribution is 0.118. The van der Waals surface area contributed by atoms with E-state index >= 15 is 0 Å². The van der Waals surface area contributed by atoms with E-state index < -0.39 is 0 Å². The van der Waals surface area contributed by atoms with E-state index in [-0.39, 0.29) is 0 Å². The number of rotatable bonds is 9. The van der Waals surface area contributed by atoms with Gasteiger partial charge in [0.05, 0.1) is 13.2 Å². The van der Waals surface area contributed by atoms with E-state index in [1.165, 1.54) is 5.56 Å². The van der Waals surface area contributed by atoms with Crippen LogP contribution in [0, 0.1) is 6.92 Å². The molecular weight excluding hydrogens is 228 g/mol. The Kier molecular flexibility index (Phi) is 7.01. The summed E-state index contributed by atoms with van der Waals surface area (Å²) in [5.41, 5.74) is 1.25. The van der Waals surface area contributed by atoms with E-state index in [2.05, 4.69) is 30.3 Å². The van der Waals surface area contributed by atoms with Gasteiger partial charge < -0.3 is 14.5 Å². The zero-order valence-corrected chi connectivity index (χ0v) is 12.1. The Balaban J connectivity index is 2.41. The molecule has 0 aromatic carbocycles. The Morgan fingerprint density at radius 3 is 2.83 bits per heavy atom. The van der Waals surface area contributed by atoms with Crippen molar-refractivity contribution in [2.45, 2.75) is 33.9 Å². The van der Waals surface area contributed by atoms with Crippen LogP contribution in [0.3, 0.4) is 0 Å². The smallest absolute Gasteiger partial charge is 0.118 e. The lowest BCUT2D eigenvalue weighted by atomic mass is 10.2. The molecule has 18 heavy (non-hydrogen) atoms. The molecule has 0 aliphatic rings. The minimum atomic E-state index is 0.775. The lowest BCUT2D eigenvalue weighted by Crippen LogP contribution is -2.22. The summed E-state index contributed by atoms with van der Waals surface area (Å²) in [6.45, 7) is 11.3. The van der Waals surface area contributed by atoms with Crippen LogP contribution in [0.1, 0.15) is 30.9 Å². The average molecular weight is 254 g/mol. The van der Waals surface area contributed by atoms with Crippen LogP contribution in [0.15, 0.2) is 10.5 Å². The monoisotopic (exact) mass is 254 g/mol. The molecule has 0 saturated heterocycles. The van der Waals surface area contributed by atoms with Crippen molar-refractivity contribution < 1.29 is 9.15 Å². The summed E-state index contributed by atoms with van der Waals surface area (Å²) in [7, 11) is 2.08. The Labute approximate surface area is 110 Å². The fourth-order valence-corrected chi connectivity index (χ4v) is 1.81. The van der Waals surface area contributed by atoms with Gasteiger partial charge in [0.1, 0.15) is 11.5 Å². The topological polar surface area (TPSA) is 37.6 Å². The largest absolute Gasteiger partial charge is 0.465 e. The van der Waals surface area contributed by atoms with Crippen LogP contribution >= 0.6 is 0 Å². The predicted octanol–water partition coefficient (Wildman–Crippen LogP) is 2.17. The Morgan fingerprint density at radius 1 is 1.39 bits per heavy atom. The lowest BCUT2D eigenvalue weighted by Gasteiger charge is -2.14. The number of aryl methyl sites for hydroxylation is 1.